The van der Waals surface area contributed by atoms with Gasteiger partial charge in [0, 0.05) is 45.6 Å². The number of piperazine rings is 1. The third kappa shape index (κ3) is 6.80. The molecule has 0 atom stereocenters. The Kier molecular flexibility index (Phi) is 8.32. The number of rotatable bonds is 8. The highest BCUT2D eigenvalue weighted by Gasteiger charge is 2.31. The fourth-order valence-corrected chi connectivity index (χ4v) is 5.04. The number of nitrogens with one attached hydrogen (secondary N) is 1. The van der Waals surface area contributed by atoms with Gasteiger partial charge >= 0.3 is 6.18 Å². The van der Waals surface area contributed by atoms with Crippen LogP contribution in [0.5, 0.6) is 0 Å². The minimum atomic E-state index is -4.39. The van der Waals surface area contributed by atoms with Crippen molar-refractivity contribution in [2.24, 2.45) is 0 Å². The van der Waals surface area contributed by atoms with Gasteiger partial charge in [-0.1, -0.05) is 30.3 Å². The van der Waals surface area contributed by atoms with Crippen molar-refractivity contribution < 1.29 is 31.2 Å². The number of benzene rings is 2. The first kappa shape index (κ1) is 25.7. The predicted molar refractivity (Wildman–Crippen MR) is 119 cm³/mol. The van der Waals surface area contributed by atoms with Gasteiger partial charge < -0.3 is 10.2 Å². The van der Waals surface area contributed by atoms with Gasteiger partial charge in [-0.25, -0.2) is 8.42 Å². The molecule has 0 aromatic heterocycles. The van der Waals surface area contributed by atoms with Crippen LogP contribution >= 0.6 is 0 Å². The van der Waals surface area contributed by atoms with Crippen LogP contribution < -0.4 is 5.32 Å². The summed E-state index contributed by atoms with van der Waals surface area (Å²) >= 11 is 0. The van der Waals surface area contributed by atoms with Gasteiger partial charge in [0.25, 0.3) is 0 Å². The highest BCUT2D eigenvalue weighted by molar-refractivity contribution is 7.89. The molecular weight excluding hydrogens is 471 g/mol. The Morgan fingerprint density at radius 1 is 0.882 bits per heavy atom. The summed E-state index contributed by atoms with van der Waals surface area (Å²) in [5.41, 5.74) is -0.0648. The number of hydrogen-bond acceptors (Lipinski definition) is 4. The first-order valence-electron chi connectivity index (χ1n) is 10.8. The minimum Gasteiger partial charge on any atom is -0.356 e. The second-order valence-corrected chi connectivity index (χ2v) is 9.83. The van der Waals surface area contributed by atoms with Gasteiger partial charge in [0.1, 0.15) is 0 Å². The summed E-state index contributed by atoms with van der Waals surface area (Å²) in [5, 5.41) is 2.66. The summed E-state index contributed by atoms with van der Waals surface area (Å²) in [6.45, 7) is 1.11. The van der Waals surface area contributed by atoms with Crippen LogP contribution in [0.2, 0.25) is 0 Å². The van der Waals surface area contributed by atoms with E-state index in [1.54, 1.807) is 23.1 Å². The number of hydrogen-bond donors (Lipinski definition) is 1. The van der Waals surface area contributed by atoms with Crippen LogP contribution in [0.3, 0.4) is 0 Å². The fourth-order valence-electron chi connectivity index (χ4n) is 3.59. The van der Waals surface area contributed by atoms with Gasteiger partial charge in [0.2, 0.25) is 21.8 Å². The van der Waals surface area contributed by atoms with E-state index < -0.39 is 21.8 Å². The van der Waals surface area contributed by atoms with Crippen LogP contribution in [-0.2, 0) is 32.2 Å². The summed E-state index contributed by atoms with van der Waals surface area (Å²) in [4.78, 5) is 26.2. The molecule has 0 saturated carbocycles. The molecule has 2 amide bonds. The smallest absolute Gasteiger partial charge is 0.356 e. The van der Waals surface area contributed by atoms with E-state index in [0.717, 1.165) is 12.1 Å². The molecular formula is C23H26F3N3O4S. The number of nitrogens with zero attached hydrogens (tertiary/aromatic N) is 2. The van der Waals surface area contributed by atoms with Crippen molar-refractivity contribution in [3.63, 3.8) is 0 Å². The molecule has 34 heavy (non-hydrogen) atoms. The minimum absolute atomic E-state index is 0.00243. The van der Waals surface area contributed by atoms with E-state index in [1.165, 1.54) is 28.6 Å². The van der Waals surface area contributed by atoms with Gasteiger partial charge in [-0.2, -0.15) is 17.5 Å². The maximum atomic E-state index is 12.7. The molecule has 1 aliphatic rings. The standard InChI is InChI=1S/C23H26F3N3O4S/c24-23(25,26)19-8-6-18(7-9-19)12-13-27-21(30)10-11-22(31)28-14-16-29(17-15-28)34(32,33)20-4-2-1-3-5-20/h1-9H,10-17H2,(H,27,30). The number of sulfonamides is 1. The quantitative estimate of drug-likeness (QED) is 0.608. The largest absolute Gasteiger partial charge is 0.416 e. The molecule has 1 N–H and O–H groups in total. The topological polar surface area (TPSA) is 86.8 Å². The average Bonchev–Trinajstić information content (AvgIpc) is 2.83. The average molecular weight is 498 g/mol. The molecule has 1 heterocycles. The molecule has 1 aliphatic heterocycles. The Morgan fingerprint density at radius 3 is 2.09 bits per heavy atom. The Balaban J connectivity index is 1.37. The molecule has 2 aromatic rings. The van der Waals surface area contributed by atoms with E-state index >= 15 is 0 Å². The van der Waals surface area contributed by atoms with E-state index in [-0.39, 0.29) is 62.3 Å². The zero-order chi connectivity index (χ0) is 24.8. The SMILES string of the molecule is O=C(CCC(=O)N1CCN(S(=O)(=O)c2ccccc2)CC1)NCCc1ccc(C(F)(F)F)cc1. The Bertz CT molecular complexity index is 1080. The van der Waals surface area contributed by atoms with Crippen LogP contribution in [0.25, 0.3) is 0 Å². The number of alkyl halides is 3. The summed E-state index contributed by atoms with van der Waals surface area (Å²) in [6, 6.07) is 12.8. The van der Waals surface area contributed by atoms with E-state index in [0.29, 0.717) is 12.0 Å². The van der Waals surface area contributed by atoms with Crippen molar-refractivity contribution in [1.82, 2.24) is 14.5 Å². The molecule has 3 rings (SSSR count). The van der Waals surface area contributed by atoms with Gasteiger partial charge in [0.05, 0.1) is 10.5 Å². The van der Waals surface area contributed by atoms with Crippen LogP contribution in [-0.4, -0.2) is 62.2 Å². The Morgan fingerprint density at radius 2 is 1.50 bits per heavy atom. The van der Waals surface area contributed by atoms with Crippen molar-refractivity contribution in [3.05, 3.63) is 65.7 Å². The molecule has 1 saturated heterocycles. The molecule has 0 radical (unpaired) electrons. The lowest BCUT2D eigenvalue weighted by atomic mass is 10.1. The van der Waals surface area contributed by atoms with Gasteiger partial charge in [-0.15, -0.1) is 0 Å². The zero-order valence-electron chi connectivity index (χ0n) is 18.4. The van der Waals surface area contributed by atoms with E-state index in [9.17, 15) is 31.2 Å². The highest BCUT2D eigenvalue weighted by Crippen LogP contribution is 2.29. The maximum Gasteiger partial charge on any atom is 0.416 e. The maximum absolute atomic E-state index is 12.7. The molecule has 0 aliphatic carbocycles. The van der Waals surface area contributed by atoms with Crippen LogP contribution in [0.1, 0.15) is 24.0 Å². The van der Waals surface area contributed by atoms with E-state index in [2.05, 4.69) is 5.32 Å². The third-order valence-corrected chi connectivity index (χ3v) is 7.47. The number of amides is 2. The van der Waals surface area contributed by atoms with Crippen LogP contribution in [0.15, 0.2) is 59.5 Å². The van der Waals surface area contributed by atoms with Crippen molar-refractivity contribution in [2.45, 2.75) is 30.3 Å². The molecule has 0 spiro atoms. The third-order valence-electron chi connectivity index (χ3n) is 5.56. The summed E-state index contributed by atoms with van der Waals surface area (Å²) in [5.74, 6) is -0.555. The van der Waals surface area contributed by atoms with Crippen molar-refractivity contribution in [2.75, 3.05) is 32.7 Å². The van der Waals surface area contributed by atoms with Crippen molar-refractivity contribution in [1.29, 1.82) is 0 Å². The molecule has 7 nitrogen and oxygen atoms in total. The first-order chi connectivity index (χ1) is 16.1. The lowest BCUT2D eigenvalue weighted by Gasteiger charge is -2.34. The number of carbonyl (C=O) groups is 2. The molecule has 0 bridgehead atoms. The van der Waals surface area contributed by atoms with E-state index in [1.807, 2.05) is 0 Å². The van der Waals surface area contributed by atoms with Gasteiger partial charge in [-0.05, 0) is 36.2 Å². The second-order valence-electron chi connectivity index (χ2n) is 7.89. The molecule has 184 valence electrons. The van der Waals surface area contributed by atoms with Gasteiger partial charge in [-0.3, -0.25) is 9.59 Å². The monoisotopic (exact) mass is 497 g/mol. The summed E-state index contributed by atoms with van der Waals surface area (Å²) in [6.07, 6.45) is -4.04. The lowest BCUT2D eigenvalue weighted by molar-refractivity contribution is -0.137. The normalized spacial score (nSPS) is 15.2. The number of halogens is 3. The highest BCUT2D eigenvalue weighted by atomic mass is 32.2. The summed E-state index contributed by atoms with van der Waals surface area (Å²) < 4.78 is 64.4. The predicted octanol–water partition coefficient (Wildman–Crippen LogP) is 2.68. The Hall–Kier alpha value is -2.92. The molecule has 11 heteroatoms. The second kappa shape index (κ2) is 11.0. The van der Waals surface area contributed by atoms with Crippen LogP contribution in [0, 0.1) is 0 Å². The zero-order valence-corrected chi connectivity index (χ0v) is 19.2. The lowest BCUT2D eigenvalue weighted by Crippen LogP contribution is -2.50. The number of carbonyl (C=O) groups excluding carboxylic acids is 2. The first-order valence-corrected chi connectivity index (χ1v) is 12.3. The van der Waals surface area contributed by atoms with Crippen LogP contribution in [0.4, 0.5) is 13.2 Å². The fraction of sp³-hybridized carbons (Fsp3) is 0.391. The van der Waals surface area contributed by atoms with E-state index in [4.69, 9.17) is 0 Å². The Labute approximate surface area is 196 Å². The van der Waals surface area contributed by atoms with Crippen molar-refractivity contribution >= 4 is 21.8 Å². The van der Waals surface area contributed by atoms with Crippen molar-refractivity contribution in [3.8, 4) is 0 Å². The summed E-state index contributed by atoms with van der Waals surface area (Å²) in [7, 11) is -3.60. The molecule has 0 unspecified atom stereocenters. The molecule has 2 aromatic carbocycles. The molecule has 1 fully saturated rings. The van der Waals surface area contributed by atoms with Gasteiger partial charge in [0.15, 0.2) is 0 Å².